The standard InChI is InChI=1S/C29H24Cl3N3O4S/c1-38-28(36)17-9-10-33-24(11-17)35-14-29(37,15-35)20-8-7-18(12-23(20)32)39-13-19-26(34-40-27(19)16-5-6-16)25-21(30)3-2-4-22(25)31/h2-4,7-12,16,37H,5-6,13-15H2,1H3. The zero-order chi connectivity index (χ0) is 28.0. The van der Waals surface area contributed by atoms with Crippen molar-refractivity contribution >= 4 is 58.1 Å². The third kappa shape index (κ3) is 5.15. The van der Waals surface area contributed by atoms with Crippen molar-refractivity contribution in [2.45, 2.75) is 31.0 Å². The SMILES string of the molecule is COC(=O)c1ccnc(N2CC(O)(c3ccc(OCc4c(-c5c(Cl)cccc5Cl)nsc4C4CC4)cc3Cl)C2)c1. The average molecular weight is 617 g/mol. The van der Waals surface area contributed by atoms with Crippen LogP contribution in [0.1, 0.15) is 45.1 Å². The summed E-state index contributed by atoms with van der Waals surface area (Å²) in [5, 5.41) is 12.8. The molecule has 0 amide bonds. The molecule has 1 saturated carbocycles. The molecule has 1 aliphatic heterocycles. The maximum absolute atomic E-state index is 11.9. The highest BCUT2D eigenvalue weighted by Crippen LogP contribution is 2.48. The van der Waals surface area contributed by atoms with Gasteiger partial charge < -0.3 is 19.5 Å². The van der Waals surface area contributed by atoms with Gasteiger partial charge >= 0.3 is 5.97 Å². The Morgan fingerprint density at radius 1 is 1.10 bits per heavy atom. The Balaban J connectivity index is 1.18. The second kappa shape index (κ2) is 10.8. The Labute approximate surface area is 250 Å². The maximum atomic E-state index is 11.9. The van der Waals surface area contributed by atoms with E-state index in [0.29, 0.717) is 49.2 Å². The smallest absolute Gasteiger partial charge is 0.338 e. The topological polar surface area (TPSA) is 84.8 Å². The highest BCUT2D eigenvalue weighted by Gasteiger charge is 2.44. The summed E-state index contributed by atoms with van der Waals surface area (Å²) in [6, 6.07) is 14.0. The van der Waals surface area contributed by atoms with Crippen LogP contribution in [0.2, 0.25) is 15.1 Å². The third-order valence-corrected chi connectivity index (χ3v) is 9.18. The number of ether oxygens (including phenoxy) is 2. The fourth-order valence-electron chi connectivity index (χ4n) is 4.92. The number of nitrogens with zero attached hydrogens (tertiary/aromatic N) is 3. The number of aliphatic hydroxyl groups is 1. The van der Waals surface area contributed by atoms with E-state index in [9.17, 15) is 9.90 Å². The number of hydrogen-bond donors (Lipinski definition) is 1. The van der Waals surface area contributed by atoms with E-state index in [4.69, 9.17) is 48.7 Å². The van der Waals surface area contributed by atoms with Crippen LogP contribution in [0.25, 0.3) is 11.3 Å². The van der Waals surface area contributed by atoms with Gasteiger partial charge in [0.2, 0.25) is 0 Å². The molecule has 3 heterocycles. The molecule has 6 rings (SSSR count). The van der Waals surface area contributed by atoms with Crippen molar-refractivity contribution < 1.29 is 19.4 Å². The molecule has 1 aliphatic carbocycles. The molecule has 1 N–H and O–H groups in total. The molecule has 2 aliphatic rings. The molecule has 2 fully saturated rings. The number of carbonyl (C=O) groups excluding carboxylic acids is 1. The number of β-amino-alcohol motifs (C(OH)–C–C–N with tert-alkyl or cyclic N) is 1. The van der Waals surface area contributed by atoms with E-state index < -0.39 is 11.6 Å². The van der Waals surface area contributed by atoms with Crippen molar-refractivity contribution in [2.75, 3.05) is 25.1 Å². The number of methoxy groups -OCH3 is 1. The van der Waals surface area contributed by atoms with Gasteiger partial charge in [-0.3, -0.25) is 0 Å². The van der Waals surface area contributed by atoms with E-state index in [1.807, 2.05) is 11.0 Å². The van der Waals surface area contributed by atoms with Gasteiger partial charge in [-0.05, 0) is 66.7 Å². The predicted molar refractivity (Wildman–Crippen MR) is 157 cm³/mol. The normalized spacial score (nSPS) is 16.0. The van der Waals surface area contributed by atoms with Gasteiger partial charge in [-0.25, -0.2) is 9.78 Å². The summed E-state index contributed by atoms with van der Waals surface area (Å²) in [5.41, 5.74) is 2.28. The van der Waals surface area contributed by atoms with Gasteiger partial charge in [0.1, 0.15) is 23.8 Å². The van der Waals surface area contributed by atoms with Gasteiger partial charge in [0.25, 0.3) is 0 Å². The minimum absolute atomic E-state index is 0.276. The van der Waals surface area contributed by atoms with Gasteiger partial charge in [0, 0.05) is 27.8 Å². The van der Waals surface area contributed by atoms with Crippen molar-refractivity contribution in [1.29, 1.82) is 0 Å². The Morgan fingerprint density at radius 2 is 1.85 bits per heavy atom. The lowest BCUT2D eigenvalue weighted by Gasteiger charge is -2.47. The summed E-state index contributed by atoms with van der Waals surface area (Å²) in [6.07, 6.45) is 3.80. The first kappa shape index (κ1) is 27.3. The number of aromatic nitrogens is 2. The van der Waals surface area contributed by atoms with Crippen LogP contribution in [-0.4, -0.2) is 40.6 Å². The van der Waals surface area contributed by atoms with E-state index in [1.54, 1.807) is 48.7 Å². The molecule has 0 radical (unpaired) electrons. The Hall–Kier alpha value is -2.88. The van der Waals surface area contributed by atoms with Crippen LogP contribution in [0.15, 0.2) is 54.7 Å². The molecule has 2 aromatic heterocycles. The molecule has 0 bridgehead atoms. The van der Waals surface area contributed by atoms with Gasteiger partial charge in [-0.15, -0.1) is 0 Å². The first-order valence-electron chi connectivity index (χ1n) is 12.6. The Bertz CT molecular complexity index is 1580. The highest BCUT2D eigenvalue weighted by atomic mass is 35.5. The number of esters is 1. The average Bonchev–Trinajstić information content (AvgIpc) is 3.69. The number of hydrogen-bond acceptors (Lipinski definition) is 8. The van der Waals surface area contributed by atoms with Gasteiger partial charge in [0.05, 0.1) is 46.5 Å². The molecule has 0 unspecified atom stereocenters. The van der Waals surface area contributed by atoms with Crippen LogP contribution in [0.5, 0.6) is 5.75 Å². The van der Waals surface area contributed by atoms with E-state index in [0.717, 1.165) is 24.1 Å². The fraction of sp³-hybridized carbons (Fsp3) is 0.276. The van der Waals surface area contributed by atoms with Crippen LogP contribution in [0.3, 0.4) is 0 Å². The molecule has 206 valence electrons. The second-order valence-corrected chi connectivity index (χ2v) is 12.0. The number of anilines is 1. The van der Waals surface area contributed by atoms with Crippen LogP contribution in [0.4, 0.5) is 5.82 Å². The molecule has 1 saturated heterocycles. The lowest BCUT2D eigenvalue weighted by Crippen LogP contribution is -2.60. The highest BCUT2D eigenvalue weighted by molar-refractivity contribution is 7.06. The van der Waals surface area contributed by atoms with Gasteiger partial charge in [-0.1, -0.05) is 46.9 Å². The van der Waals surface area contributed by atoms with Crippen molar-refractivity contribution in [3.05, 3.63) is 91.4 Å². The molecule has 0 spiro atoms. The zero-order valence-electron chi connectivity index (χ0n) is 21.4. The first-order valence-corrected chi connectivity index (χ1v) is 14.6. The quantitative estimate of drug-likeness (QED) is 0.211. The van der Waals surface area contributed by atoms with E-state index in [-0.39, 0.29) is 19.7 Å². The number of rotatable bonds is 8. The van der Waals surface area contributed by atoms with Crippen molar-refractivity contribution in [1.82, 2.24) is 9.36 Å². The first-order chi connectivity index (χ1) is 19.3. The largest absolute Gasteiger partial charge is 0.489 e. The molecular formula is C29H24Cl3N3O4S. The number of benzene rings is 2. The van der Waals surface area contributed by atoms with E-state index in [2.05, 4.69) is 4.98 Å². The van der Waals surface area contributed by atoms with Crippen LogP contribution in [-0.2, 0) is 16.9 Å². The maximum Gasteiger partial charge on any atom is 0.338 e. The summed E-state index contributed by atoms with van der Waals surface area (Å²) >= 11 is 21.1. The summed E-state index contributed by atoms with van der Waals surface area (Å²) in [4.78, 5) is 19.3. The summed E-state index contributed by atoms with van der Waals surface area (Å²) in [6.45, 7) is 0.838. The monoisotopic (exact) mass is 615 g/mol. The summed E-state index contributed by atoms with van der Waals surface area (Å²) in [7, 11) is 1.33. The molecule has 40 heavy (non-hydrogen) atoms. The summed E-state index contributed by atoms with van der Waals surface area (Å²) < 4.78 is 15.7. The summed E-state index contributed by atoms with van der Waals surface area (Å²) in [5.74, 6) is 1.19. The van der Waals surface area contributed by atoms with E-state index in [1.165, 1.54) is 23.5 Å². The molecular weight excluding hydrogens is 593 g/mol. The lowest BCUT2D eigenvalue weighted by atomic mass is 9.86. The van der Waals surface area contributed by atoms with Crippen molar-refractivity contribution in [3.63, 3.8) is 0 Å². The van der Waals surface area contributed by atoms with Crippen LogP contribution < -0.4 is 9.64 Å². The minimum atomic E-state index is -1.16. The fourth-order valence-corrected chi connectivity index (χ4v) is 6.88. The zero-order valence-corrected chi connectivity index (χ0v) is 24.4. The second-order valence-electron chi connectivity index (χ2n) is 9.96. The third-order valence-electron chi connectivity index (χ3n) is 7.19. The van der Waals surface area contributed by atoms with Crippen molar-refractivity contribution in [2.24, 2.45) is 0 Å². The molecule has 7 nitrogen and oxygen atoms in total. The van der Waals surface area contributed by atoms with E-state index >= 15 is 0 Å². The molecule has 0 atom stereocenters. The molecule has 2 aromatic carbocycles. The number of halogens is 3. The number of pyridine rings is 1. The van der Waals surface area contributed by atoms with Gasteiger partial charge in [0.15, 0.2) is 0 Å². The predicted octanol–water partition coefficient (Wildman–Crippen LogP) is 7.12. The van der Waals surface area contributed by atoms with Crippen LogP contribution >= 0.6 is 46.3 Å². The molecule has 11 heteroatoms. The minimum Gasteiger partial charge on any atom is -0.489 e. The Morgan fingerprint density at radius 3 is 2.52 bits per heavy atom. The number of carbonyl (C=O) groups is 1. The molecule has 4 aromatic rings. The van der Waals surface area contributed by atoms with Crippen molar-refractivity contribution in [3.8, 4) is 17.0 Å². The van der Waals surface area contributed by atoms with Crippen LogP contribution in [0, 0.1) is 0 Å². The lowest BCUT2D eigenvalue weighted by molar-refractivity contribution is 0.00712. The van der Waals surface area contributed by atoms with Gasteiger partial charge in [-0.2, -0.15) is 4.37 Å². The Kier molecular flexibility index (Phi) is 7.39.